The molecule has 0 N–H and O–H groups in total. The van der Waals surface area contributed by atoms with E-state index < -0.39 is 5.97 Å². The summed E-state index contributed by atoms with van der Waals surface area (Å²) in [6.45, 7) is 2.43. The van der Waals surface area contributed by atoms with E-state index in [1.165, 1.54) is 6.08 Å². The van der Waals surface area contributed by atoms with Crippen molar-refractivity contribution in [3.8, 4) is 5.75 Å². The summed E-state index contributed by atoms with van der Waals surface area (Å²) in [5.74, 6) is -0.538. The van der Waals surface area contributed by atoms with E-state index in [-0.39, 0.29) is 0 Å². The lowest BCUT2D eigenvalue weighted by molar-refractivity contribution is -0.297. The number of carbonyl (C=O) groups excluding carboxylic acids is 1. The number of carboxylic acids is 1. The number of hydrogen-bond donors (Lipinski definition) is 0. The number of ether oxygens (including phenoxy) is 1. The van der Waals surface area contributed by atoms with E-state index in [0.717, 1.165) is 11.6 Å². The van der Waals surface area contributed by atoms with Crippen LogP contribution in [-0.2, 0) is 4.79 Å². The molecule has 0 amide bonds. The predicted octanol–water partition coefficient (Wildman–Crippen LogP) is 0.848. The number of carbonyl (C=O) groups is 1. The Hall–Kier alpha value is -1.77. The molecule has 1 rings (SSSR count). The molecular weight excluding hydrogens is 180 g/mol. The smallest absolute Gasteiger partial charge is 0.126 e. The second-order valence-corrected chi connectivity index (χ2v) is 2.62. The standard InChI is InChI=1S/C11H12O3/c1-2-14-10-6-4-3-5-9(10)7-8-11(12)13/h3-8H,2H2,1H3,(H,12,13)/p-1/b8-7+. The Morgan fingerprint density at radius 1 is 1.50 bits per heavy atom. The van der Waals surface area contributed by atoms with Crippen molar-refractivity contribution in [2.75, 3.05) is 6.61 Å². The van der Waals surface area contributed by atoms with Crippen molar-refractivity contribution >= 4 is 12.0 Å². The molecule has 1 aromatic rings. The van der Waals surface area contributed by atoms with Crippen LogP contribution in [0.15, 0.2) is 30.3 Å². The fourth-order valence-corrected chi connectivity index (χ4v) is 1.06. The van der Waals surface area contributed by atoms with Gasteiger partial charge in [-0.25, -0.2) is 0 Å². The molecule has 0 bridgehead atoms. The Morgan fingerprint density at radius 3 is 2.86 bits per heavy atom. The Kier molecular flexibility index (Phi) is 3.73. The number of benzene rings is 1. The highest BCUT2D eigenvalue weighted by molar-refractivity contribution is 5.84. The van der Waals surface area contributed by atoms with Crippen LogP contribution < -0.4 is 9.84 Å². The highest BCUT2D eigenvalue weighted by Crippen LogP contribution is 2.18. The number of para-hydroxylation sites is 1. The predicted molar refractivity (Wildman–Crippen MR) is 51.7 cm³/mol. The maximum Gasteiger partial charge on any atom is 0.126 e. The van der Waals surface area contributed by atoms with Gasteiger partial charge in [-0.2, -0.15) is 0 Å². The summed E-state index contributed by atoms with van der Waals surface area (Å²) in [4.78, 5) is 10.2. The van der Waals surface area contributed by atoms with Crippen LogP contribution in [0.3, 0.4) is 0 Å². The monoisotopic (exact) mass is 191 g/mol. The van der Waals surface area contributed by atoms with Crippen LogP contribution in [0, 0.1) is 0 Å². The second-order valence-electron chi connectivity index (χ2n) is 2.62. The van der Waals surface area contributed by atoms with E-state index in [9.17, 15) is 9.90 Å². The molecule has 0 aliphatic heterocycles. The van der Waals surface area contributed by atoms with Gasteiger partial charge in [-0.3, -0.25) is 0 Å². The third-order valence-corrected chi connectivity index (χ3v) is 1.62. The number of rotatable bonds is 4. The highest BCUT2D eigenvalue weighted by Gasteiger charge is 1.96. The van der Waals surface area contributed by atoms with Crippen molar-refractivity contribution in [1.82, 2.24) is 0 Å². The van der Waals surface area contributed by atoms with Gasteiger partial charge in [-0.15, -0.1) is 0 Å². The Balaban J connectivity index is 2.89. The molecular formula is C11H11O3-. The van der Waals surface area contributed by atoms with Crippen molar-refractivity contribution in [1.29, 1.82) is 0 Å². The van der Waals surface area contributed by atoms with Crippen LogP contribution in [0.2, 0.25) is 0 Å². The molecule has 0 aliphatic carbocycles. The van der Waals surface area contributed by atoms with Gasteiger partial charge in [-0.05, 0) is 25.1 Å². The zero-order valence-electron chi connectivity index (χ0n) is 7.90. The average Bonchev–Trinajstić information content (AvgIpc) is 2.17. The molecule has 0 fully saturated rings. The van der Waals surface area contributed by atoms with Crippen molar-refractivity contribution in [2.24, 2.45) is 0 Å². The van der Waals surface area contributed by atoms with Crippen LogP contribution in [-0.4, -0.2) is 12.6 Å². The van der Waals surface area contributed by atoms with Crippen LogP contribution in [0.4, 0.5) is 0 Å². The summed E-state index contributed by atoms with van der Waals surface area (Å²) < 4.78 is 5.30. The van der Waals surface area contributed by atoms with E-state index in [1.54, 1.807) is 12.1 Å². The van der Waals surface area contributed by atoms with Crippen LogP contribution in [0.25, 0.3) is 6.08 Å². The zero-order valence-corrected chi connectivity index (χ0v) is 7.90. The molecule has 3 nitrogen and oxygen atoms in total. The Labute approximate surface area is 82.6 Å². The van der Waals surface area contributed by atoms with Crippen LogP contribution in [0.1, 0.15) is 12.5 Å². The van der Waals surface area contributed by atoms with Crippen LogP contribution in [0.5, 0.6) is 5.75 Å². The van der Waals surface area contributed by atoms with E-state index in [1.807, 2.05) is 19.1 Å². The normalized spacial score (nSPS) is 10.4. The fraction of sp³-hybridized carbons (Fsp3) is 0.182. The molecule has 0 spiro atoms. The van der Waals surface area contributed by atoms with Gasteiger partial charge in [0.15, 0.2) is 0 Å². The summed E-state index contributed by atoms with van der Waals surface area (Å²) in [7, 11) is 0. The molecule has 0 radical (unpaired) electrons. The minimum atomic E-state index is -1.21. The van der Waals surface area contributed by atoms with E-state index in [0.29, 0.717) is 12.4 Å². The first-order valence-electron chi connectivity index (χ1n) is 4.35. The fourth-order valence-electron chi connectivity index (χ4n) is 1.06. The summed E-state index contributed by atoms with van der Waals surface area (Å²) in [6, 6.07) is 7.22. The summed E-state index contributed by atoms with van der Waals surface area (Å²) in [5.41, 5.74) is 0.735. The lowest BCUT2D eigenvalue weighted by atomic mass is 10.2. The van der Waals surface area contributed by atoms with E-state index in [4.69, 9.17) is 4.74 Å². The number of aliphatic carboxylic acids is 1. The van der Waals surface area contributed by atoms with Gasteiger partial charge < -0.3 is 14.6 Å². The molecule has 14 heavy (non-hydrogen) atoms. The lowest BCUT2D eigenvalue weighted by Gasteiger charge is -2.06. The molecule has 1 aromatic carbocycles. The topological polar surface area (TPSA) is 49.4 Å². The summed E-state index contributed by atoms with van der Waals surface area (Å²) >= 11 is 0. The number of hydrogen-bond acceptors (Lipinski definition) is 3. The van der Waals surface area contributed by atoms with E-state index in [2.05, 4.69) is 0 Å². The molecule has 0 atom stereocenters. The average molecular weight is 191 g/mol. The van der Waals surface area contributed by atoms with Crippen molar-refractivity contribution in [3.63, 3.8) is 0 Å². The lowest BCUT2D eigenvalue weighted by Crippen LogP contribution is -2.18. The van der Waals surface area contributed by atoms with Crippen LogP contribution >= 0.6 is 0 Å². The van der Waals surface area contributed by atoms with Crippen molar-refractivity contribution < 1.29 is 14.6 Å². The molecule has 0 saturated carbocycles. The van der Waals surface area contributed by atoms with Crippen molar-refractivity contribution in [3.05, 3.63) is 35.9 Å². The third-order valence-electron chi connectivity index (χ3n) is 1.62. The van der Waals surface area contributed by atoms with Gasteiger partial charge in [-0.1, -0.05) is 18.2 Å². The molecule has 0 heterocycles. The quantitative estimate of drug-likeness (QED) is 0.663. The number of carboxylic acid groups (broad SMARTS) is 1. The minimum absolute atomic E-state index is 0.552. The van der Waals surface area contributed by atoms with E-state index >= 15 is 0 Å². The second kappa shape index (κ2) is 5.07. The highest BCUT2D eigenvalue weighted by atomic mass is 16.5. The Morgan fingerprint density at radius 2 is 2.21 bits per heavy atom. The first kappa shape index (κ1) is 10.3. The molecule has 0 aliphatic rings. The summed E-state index contributed by atoms with van der Waals surface area (Å²) in [6.07, 6.45) is 2.44. The molecule has 0 saturated heterocycles. The SMILES string of the molecule is CCOc1ccccc1/C=C/C(=O)[O-]. The van der Waals surface area contributed by atoms with Gasteiger partial charge in [0.1, 0.15) is 5.75 Å². The zero-order chi connectivity index (χ0) is 10.4. The molecule has 74 valence electrons. The van der Waals surface area contributed by atoms with Gasteiger partial charge in [0.2, 0.25) is 0 Å². The first-order valence-corrected chi connectivity index (χ1v) is 4.35. The maximum absolute atomic E-state index is 10.2. The molecule has 0 aromatic heterocycles. The maximum atomic E-state index is 10.2. The molecule has 0 unspecified atom stereocenters. The third kappa shape index (κ3) is 2.94. The van der Waals surface area contributed by atoms with Gasteiger partial charge >= 0.3 is 0 Å². The Bertz CT molecular complexity index is 342. The summed E-state index contributed by atoms with van der Waals surface area (Å²) in [5, 5.41) is 10.2. The first-order chi connectivity index (χ1) is 6.74. The van der Waals surface area contributed by atoms with Gasteiger partial charge in [0.25, 0.3) is 0 Å². The van der Waals surface area contributed by atoms with Gasteiger partial charge in [0, 0.05) is 5.56 Å². The van der Waals surface area contributed by atoms with Crippen molar-refractivity contribution in [2.45, 2.75) is 6.92 Å². The largest absolute Gasteiger partial charge is 0.545 e. The molecule has 3 heteroatoms. The van der Waals surface area contributed by atoms with Gasteiger partial charge in [0.05, 0.1) is 12.6 Å². The minimum Gasteiger partial charge on any atom is -0.545 e.